The van der Waals surface area contributed by atoms with Crippen molar-refractivity contribution >= 4 is 29.5 Å². The fraction of sp³-hybridized carbons (Fsp3) is 0.143. The number of carbonyl (C=O) groups excluding carboxylic acids is 2. The minimum Gasteiger partial charge on any atom is -0.334 e. The summed E-state index contributed by atoms with van der Waals surface area (Å²) in [4.78, 5) is 36.2. The summed E-state index contributed by atoms with van der Waals surface area (Å²) in [7, 11) is 0. The first-order chi connectivity index (χ1) is 14.8. The molecule has 0 aliphatic carbocycles. The summed E-state index contributed by atoms with van der Waals surface area (Å²) in [6.45, 7) is 0. The highest BCUT2D eigenvalue weighted by atomic mass is 19.4. The molecule has 156 valence electrons. The van der Waals surface area contributed by atoms with Crippen LogP contribution in [0.1, 0.15) is 23.0 Å². The van der Waals surface area contributed by atoms with Crippen molar-refractivity contribution in [3.05, 3.63) is 65.6 Å². The smallest absolute Gasteiger partial charge is 0.334 e. The number of nitrogens with one attached hydrogen (secondary N) is 2. The summed E-state index contributed by atoms with van der Waals surface area (Å²) >= 11 is 0. The number of carbonyl (C=O) groups is 2. The number of aromatic nitrogens is 2. The number of anilines is 1. The lowest BCUT2D eigenvalue weighted by Crippen LogP contribution is -2.29. The molecule has 1 fully saturated rings. The summed E-state index contributed by atoms with van der Waals surface area (Å²) in [5, 5.41) is 2.32. The van der Waals surface area contributed by atoms with Gasteiger partial charge in [0.15, 0.2) is 0 Å². The van der Waals surface area contributed by atoms with E-state index in [1.54, 1.807) is 42.6 Å². The highest BCUT2D eigenvalue weighted by molar-refractivity contribution is 6.14. The van der Waals surface area contributed by atoms with Crippen LogP contribution in [0.15, 0.2) is 53.7 Å². The molecule has 0 radical (unpaired) electrons. The van der Waals surface area contributed by atoms with E-state index in [9.17, 15) is 22.8 Å². The Hall–Kier alpha value is -3.95. The summed E-state index contributed by atoms with van der Waals surface area (Å²) in [5.41, 5.74) is 3.49. The van der Waals surface area contributed by atoms with Gasteiger partial charge in [-0.05, 0) is 28.8 Å². The number of fused-ring (bicyclic) bond motifs is 1. The van der Waals surface area contributed by atoms with Crippen LogP contribution in [0.2, 0.25) is 0 Å². The highest BCUT2D eigenvalue weighted by Crippen LogP contribution is 2.36. The Morgan fingerprint density at radius 2 is 1.84 bits per heavy atom. The molecule has 0 saturated carbocycles. The lowest BCUT2D eigenvalue weighted by Gasteiger charge is -2.22. The lowest BCUT2D eigenvalue weighted by atomic mass is 10.0. The minimum atomic E-state index is -4.57. The van der Waals surface area contributed by atoms with Gasteiger partial charge in [0, 0.05) is 18.3 Å². The van der Waals surface area contributed by atoms with E-state index in [4.69, 9.17) is 0 Å². The van der Waals surface area contributed by atoms with Gasteiger partial charge < -0.3 is 4.98 Å². The zero-order valence-corrected chi connectivity index (χ0v) is 15.8. The molecule has 1 saturated heterocycles. The zero-order valence-electron chi connectivity index (χ0n) is 15.8. The zero-order chi connectivity index (χ0) is 21.8. The number of hydrogen-bond acceptors (Lipinski definition) is 4. The fourth-order valence-corrected chi connectivity index (χ4v) is 3.73. The van der Waals surface area contributed by atoms with E-state index in [1.165, 1.54) is 4.90 Å². The van der Waals surface area contributed by atoms with Gasteiger partial charge in [-0.3, -0.25) is 20.0 Å². The number of urea groups is 1. The van der Waals surface area contributed by atoms with Gasteiger partial charge in [0.2, 0.25) is 5.82 Å². The van der Waals surface area contributed by atoms with Gasteiger partial charge in [0.1, 0.15) is 6.04 Å². The monoisotopic (exact) mass is 425 g/mol. The molecule has 1 atom stereocenters. The van der Waals surface area contributed by atoms with Crippen LogP contribution in [-0.4, -0.2) is 28.1 Å². The predicted molar refractivity (Wildman–Crippen MR) is 106 cm³/mol. The van der Waals surface area contributed by atoms with Crippen LogP contribution in [0.25, 0.3) is 11.3 Å². The third-order valence-electron chi connectivity index (χ3n) is 5.23. The van der Waals surface area contributed by atoms with Crippen molar-refractivity contribution in [2.24, 2.45) is 4.99 Å². The molecule has 3 heterocycles. The average molecular weight is 425 g/mol. The van der Waals surface area contributed by atoms with Crippen LogP contribution in [0.4, 0.5) is 29.3 Å². The molecule has 7 nitrogen and oxygen atoms in total. The predicted octanol–water partition coefficient (Wildman–Crippen LogP) is 4.15. The van der Waals surface area contributed by atoms with Crippen LogP contribution in [0, 0.1) is 0 Å². The number of amides is 3. The summed E-state index contributed by atoms with van der Waals surface area (Å²) in [6.07, 6.45) is -0.976. The number of imidazole rings is 1. The van der Waals surface area contributed by atoms with Crippen molar-refractivity contribution in [1.82, 2.24) is 15.3 Å². The number of hydrogen-bond donors (Lipinski definition) is 2. The van der Waals surface area contributed by atoms with Gasteiger partial charge in [0.05, 0.1) is 17.6 Å². The standard InChI is InChI=1S/C21H14F3N5O2/c22-21(23,24)19-26-10-16(27-19)11-1-3-13(4-2-11)17-18(30)28-20(31)29(17)14-6-5-12-7-8-25-15(12)9-14/h1-6,8-10,17H,7H2,(H,26,27)(H,28,30,31). The molecule has 31 heavy (non-hydrogen) atoms. The van der Waals surface area contributed by atoms with Crippen LogP contribution in [0.3, 0.4) is 0 Å². The molecule has 2 aromatic carbocycles. The second-order valence-corrected chi connectivity index (χ2v) is 7.16. The number of H-pyrrole nitrogens is 1. The molecule has 0 bridgehead atoms. The first kappa shape index (κ1) is 19.0. The maximum atomic E-state index is 12.8. The number of alkyl halides is 3. The average Bonchev–Trinajstić information content (AvgIpc) is 3.45. The van der Waals surface area contributed by atoms with Gasteiger partial charge in [-0.25, -0.2) is 9.78 Å². The van der Waals surface area contributed by atoms with E-state index in [0.717, 1.165) is 23.9 Å². The molecular weight excluding hydrogens is 411 g/mol. The van der Waals surface area contributed by atoms with Gasteiger partial charge in [-0.2, -0.15) is 13.2 Å². The van der Waals surface area contributed by atoms with E-state index in [-0.39, 0.29) is 5.69 Å². The van der Waals surface area contributed by atoms with E-state index in [0.29, 0.717) is 16.8 Å². The van der Waals surface area contributed by atoms with E-state index in [1.807, 2.05) is 6.07 Å². The summed E-state index contributed by atoms with van der Waals surface area (Å²) in [5.74, 6) is -1.57. The topological polar surface area (TPSA) is 90.4 Å². The van der Waals surface area contributed by atoms with Crippen molar-refractivity contribution in [2.75, 3.05) is 4.90 Å². The Balaban J connectivity index is 1.47. The molecule has 1 unspecified atom stereocenters. The molecule has 3 aromatic rings. The molecule has 2 aliphatic rings. The number of benzene rings is 2. The quantitative estimate of drug-likeness (QED) is 0.618. The van der Waals surface area contributed by atoms with Crippen molar-refractivity contribution in [2.45, 2.75) is 18.6 Å². The van der Waals surface area contributed by atoms with Crippen LogP contribution in [-0.2, 0) is 17.4 Å². The number of nitrogens with zero attached hydrogens (tertiary/aromatic N) is 3. The third-order valence-corrected chi connectivity index (χ3v) is 5.23. The van der Waals surface area contributed by atoms with Gasteiger partial charge in [0.25, 0.3) is 5.91 Å². The Morgan fingerprint density at radius 1 is 1.06 bits per heavy atom. The molecular formula is C21H14F3N5O2. The number of aromatic amines is 1. The lowest BCUT2D eigenvalue weighted by molar-refractivity contribution is -0.144. The number of rotatable bonds is 3. The first-order valence-electron chi connectivity index (χ1n) is 9.33. The molecule has 5 rings (SSSR count). The molecule has 1 aromatic heterocycles. The Kier molecular flexibility index (Phi) is 4.17. The van der Waals surface area contributed by atoms with Gasteiger partial charge in [-0.15, -0.1) is 0 Å². The maximum absolute atomic E-state index is 12.8. The Labute approximate surface area is 173 Å². The van der Waals surface area contributed by atoms with Crippen molar-refractivity contribution in [3.8, 4) is 11.3 Å². The molecule has 3 amide bonds. The van der Waals surface area contributed by atoms with Crippen molar-refractivity contribution in [1.29, 1.82) is 0 Å². The number of halogens is 3. The Bertz CT molecular complexity index is 1230. The van der Waals surface area contributed by atoms with Crippen molar-refractivity contribution in [3.63, 3.8) is 0 Å². The molecule has 10 heteroatoms. The number of aliphatic imine (C=N–C) groups is 1. The largest absolute Gasteiger partial charge is 0.449 e. The Morgan fingerprint density at radius 3 is 2.55 bits per heavy atom. The van der Waals surface area contributed by atoms with E-state index in [2.05, 4.69) is 20.3 Å². The van der Waals surface area contributed by atoms with Crippen LogP contribution < -0.4 is 10.2 Å². The van der Waals surface area contributed by atoms with E-state index >= 15 is 0 Å². The molecule has 2 N–H and O–H groups in total. The van der Waals surface area contributed by atoms with Gasteiger partial charge >= 0.3 is 12.2 Å². The molecule has 2 aliphatic heterocycles. The van der Waals surface area contributed by atoms with Crippen molar-refractivity contribution < 1.29 is 22.8 Å². The molecule has 0 spiro atoms. The highest BCUT2D eigenvalue weighted by Gasteiger charge is 2.41. The summed E-state index contributed by atoms with van der Waals surface area (Å²) in [6, 6.07) is 10.3. The van der Waals surface area contributed by atoms with Crippen LogP contribution in [0.5, 0.6) is 0 Å². The fourth-order valence-electron chi connectivity index (χ4n) is 3.73. The van der Waals surface area contributed by atoms with E-state index < -0.39 is 30.0 Å². The first-order valence-corrected chi connectivity index (χ1v) is 9.33. The third kappa shape index (κ3) is 3.25. The summed E-state index contributed by atoms with van der Waals surface area (Å²) < 4.78 is 38.3. The van der Waals surface area contributed by atoms with Crippen LogP contribution >= 0.6 is 0 Å². The second kappa shape index (κ2) is 6.79. The minimum absolute atomic E-state index is 0.194. The SMILES string of the molecule is O=C1NC(=O)N(c2ccc3c(c2)N=CC3)C1c1ccc(-c2cnc(C(F)(F)F)[nH]2)cc1. The normalized spacial score (nSPS) is 17.9. The maximum Gasteiger partial charge on any atom is 0.449 e. The second-order valence-electron chi connectivity index (χ2n) is 7.16. The number of imide groups is 1. The van der Waals surface area contributed by atoms with Gasteiger partial charge in [-0.1, -0.05) is 30.3 Å².